The molecule has 0 saturated heterocycles. The Hall–Kier alpha value is -2.23. The number of methoxy groups -OCH3 is 1. The molecule has 2 aromatic carbocycles. The van der Waals surface area contributed by atoms with E-state index in [1.54, 1.807) is 7.11 Å². The quantitative estimate of drug-likeness (QED) is 0.916. The molecule has 98 valence electrons. The van der Waals surface area contributed by atoms with E-state index >= 15 is 0 Å². The fourth-order valence-electron chi connectivity index (χ4n) is 2.28. The van der Waals surface area contributed by atoms with Gasteiger partial charge < -0.3 is 14.8 Å². The molecule has 1 aliphatic heterocycles. The van der Waals surface area contributed by atoms with E-state index in [-0.39, 0.29) is 0 Å². The molecule has 0 atom stereocenters. The number of hydrogen-bond donors (Lipinski definition) is 1. The van der Waals surface area contributed by atoms with Gasteiger partial charge >= 0.3 is 0 Å². The van der Waals surface area contributed by atoms with Crippen LogP contribution in [0, 0.1) is 0 Å². The Bertz CT molecular complexity index is 623. The number of nitrogens with one attached hydrogen (secondary N) is 1. The predicted molar refractivity (Wildman–Crippen MR) is 75.6 cm³/mol. The van der Waals surface area contributed by atoms with Crippen molar-refractivity contribution in [3.05, 3.63) is 42.0 Å². The molecule has 4 nitrogen and oxygen atoms in total. The van der Waals surface area contributed by atoms with Crippen molar-refractivity contribution >= 4 is 16.8 Å². The van der Waals surface area contributed by atoms with Gasteiger partial charge in [-0.1, -0.05) is 30.3 Å². The van der Waals surface area contributed by atoms with E-state index in [4.69, 9.17) is 9.47 Å². The van der Waals surface area contributed by atoms with Crippen LogP contribution < -0.4 is 10.1 Å². The van der Waals surface area contributed by atoms with Crippen LogP contribution in [0.15, 0.2) is 41.4 Å². The summed E-state index contributed by atoms with van der Waals surface area (Å²) in [6, 6.07) is 12.9. The molecule has 0 unspecified atom stereocenters. The van der Waals surface area contributed by atoms with Crippen molar-refractivity contribution < 1.29 is 9.47 Å². The largest absolute Gasteiger partial charge is 0.496 e. The minimum Gasteiger partial charge on any atom is -0.496 e. The van der Waals surface area contributed by atoms with Crippen LogP contribution in [0.2, 0.25) is 0 Å². The summed E-state index contributed by atoms with van der Waals surface area (Å²) in [5.41, 5.74) is 1.20. The van der Waals surface area contributed by atoms with Gasteiger partial charge in [0.15, 0.2) is 0 Å². The molecule has 0 aliphatic carbocycles. The number of nitrogens with zero attached hydrogens (tertiary/aromatic N) is 1. The maximum atomic E-state index is 5.39. The molecule has 4 heteroatoms. The van der Waals surface area contributed by atoms with Gasteiger partial charge in [0, 0.05) is 11.9 Å². The number of benzene rings is 2. The van der Waals surface area contributed by atoms with Crippen LogP contribution in [0.3, 0.4) is 0 Å². The summed E-state index contributed by atoms with van der Waals surface area (Å²) in [4.78, 5) is 4.22. The first-order valence-corrected chi connectivity index (χ1v) is 6.34. The first-order valence-electron chi connectivity index (χ1n) is 6.34. The molecule has 0 amide bonds. The van der Waals surface area contributed by atoms with E-state index in [1.165, 1.54) is 10.9 Å². The maximum Gasteiger partial charge on any atom is 0.285 e. The molecule has 0 bridgehead atoms. The van der Waals surface area contributed by atoms with E-state index in [0.717, 1.165) is 17.7 Å². The molecule has 19 heavy (non-hydrogen) atoms. The van der Waals surface area contributed by atoms with E-state index in [0.29, 0.717) is 19.2 Å². The fraction of sp³-hybridized carbons (Fsp3) is 0.267. The van der Waals surface area contributed by atoms with Gasteiger partial charge in [0.25, 0.3) is 6.02 Å². The highest BCUT2D eigenvalue weighted by atomic mass is 16.5. The lowest BCUT2D eigenvalue weighted by Crippen LogP contribution is -2.22. The molecule has 1 heterocycles. The lowest BCUT2D eigenvalue weighted by molar-refractivity contribution is 0.331. The third-order valence-corrected chi connectivity index (χ3v) is 3.21. The monoisotopic (exact) mass is 256 g/mol. The molecular weight excluding hydrogens is 240 g/mol. The molecule has 0 aromatic heterocycles. The van der Waals surface area contributed by atoms with Crippen LogP contribution in [-0.2, 0) is 11.3 Å². The zero-order valence-electron chi connectivity index (χ0n) is 10.8. The van der Waals surface area contributed by atoms with E-state index in [9.17, 15) is 0 Å². The Morgan fingerprint density at radius 3 is 2.79 bits per heavy atom. The van der Waals surface area contributed by atoms with Crippen LogP contribution in [-0.4, -0.2) is 26.3 Å². The topological polar surface area (TPSA) is 42.8 Å². The van der Waals surface area contributed by atoms with Crippen molar-refractivity contribution in [1.82, 2.24) is 5.32 Å². The standard InChI is InChI=1S/C15H16N2O2/c1-18-14-7-6-11(10-17-15-16-8-9-19-15)12-4-2-3-5-13(12)14/h2-7H,8-10H2,1H3,(H,16,17). The lowest BCUT2D eigenvalue weighted by atomic mass is 10.0. The second-order valence-electron chi connectivity index (χ2n) is 4.36. The SMILES string of the molecule is COc1ccc(CNC2=NCCO2)c2ccccc12. The van der Waals surface area contributed by atoms with Crippen LogP contribution in [0.1, 0.15) is 5.56 Å². The lowest BCUT2D eigenvalue weighted by Gasteiger charge is -2.11. The smallest absolute Gasteiger partial charge is 0.285 e. The summed E-state index contributed by atoms with van der Waals surface area (Å²) >= 11 is 0. The highest BCUT2D eigenvalue weighted by Gasteiger charge is 2.09. The molecule has 2 aromatic rings. The van der Waals surface area contributed by atoms with Crippen LogP contribution >= 0.6 is 0 Å². The Kier molecular flexibility index (Phi) is 3.23. The van der Waals surface area contributed by atoms with Gasteiger partial charge in [0.05, 0.1) is 13.7 Å². The van der Waals surface area contributed by atoms with Crippen LogP contribution in [0.5, 0.6) is 5.75 Å². The second kappa shape index (κ2) is 5.18. The Morgan fingerprint density at radius 1 is 1.21 bits per heavy atom. The van der Waals surface area contributed by atoms with Crippen molar-refractivity contribution in [1.29, 1.82) is 0 Å². The van der Waals surface area contributed by atoms with Crippen molar-refractivity contribution in [3.63, 3.8) is 0 Å². The van der Waals surface area contributed by atoms with Gasteiger partial charge in [-0.2, -0.15) is 0 Å². The van der Waals surface area contributed by atoms with Gasteiger partial charge in [-0.3, -0.25) is 0 Å². The summed E-state index contributed by atoms with van der Waals surface area (Å²) in [6.07, 6.45) is 0. The Morgan fingerprint density at radius 2 is 2.05 bits per heavy atom. The van der Waals surface area contributed by atoms with E-state index in [1.807, 2.05) is 18.2 Å². The normalized spacial score (nSPS) is 14.1. The molecular formula is C15H16N2O2. The number of rotatable bonds is 3. The third-order valence-electron chi connectivity index (χ3n) is 3.21. The molecule has 0 spiro atoms. The molecule has 0 radical (unpaired) electrons. The molecule has 3 rings (SSSR count). The van der Waals surface area contributed by atoms with Crippen molar-refractivity contribution in [2.75, 3.05) is 20.3 Å². The van der Waals surface area contributed by atoms with Crippen molar-refractivity contribution in [2.24, 2.45) is 4.99 Å². The average molecular weight is 256 g/mol. The maximum absolute atomic E-state index is 5.39. The summed E-state index contributed by atoms with van der Waals surface area (Å²) < 4.78 is 10.7. The van der Waals surface area contributed by atoms with E-state index < -0.39 is 0 Å². The van der Waals surface area contributed by atoms with Gasteiger partial charge in [-0.25, -0.2) is 4.99 Å². The molecule has 0 fully saturated rings. The highest BCUT2D eigenvalue weighted by Crippen LogP contribution is 2.28. The summed E-state index contributed by atoms with van der Waals surface area (Å²) in [5, 5.41) is 5.53. The van der Waals surface area contributed by atoms with Gasteiger partial charge in [-0.05, 0) is 17.0 Å². The van der Waals surface area contributed by atoms with Crippen molar-refractivity contribution in [3.8, 4) is 5.75 Å². The number of hydrogen-bond acceptors (Lipinski definition) is 4. The number of amidine groups is 1. The summed E-state index contributed by atoms with van der Waals surface area (Å²) in [5.74, 6) is 0.897. The number of ether oxygens (including phenoxy) is 2. The summed E-state index contributed by atoms with van der Waals surface area (Å²) in [6.45, 7) is 2.11. The molecule has 1 aliphatic rings. The van der Waals surface area contributed by atoms with Crippen LogP contribution in [0.25, 0.3) is 10.8 Å². The zero-order valence-corrected chi connectivity index (χ0v) is 10.8. The second-order valence-corrected chi connectivity index (χ2v) is 4.36. The minimum atomic E-state index is 0.639. The first-order chi connectivity index (χ1) is 9.38. The third kappa shape index (κ3) is 2.34. The Balaban J connectivity index is 1.90. The molecule has 1 N–H and O–H groups in total. The van der Waals surface area contributed by atoms with Crippen LogP contribution in [0.4, 0.5) is 0 Å². The van der Waals surface area contributed by atoms with Gasteiger partial charge in [0.2, 0.25) is 0 Å². The number of aliphatic imine (C=N–C) groups is 1. The van der Waals surface area contributed by atoms with E-state index in [2.05, 4.69) is 28.5 Å². The van der Waals surface area contributed by atoms with Gasteiger partial charge in [-0.15, -0.1) is 0 Å². The highest BCUT2D eigenvalue weighted by molar-refractivity contribution is 5.91. The average Bonchev–Trinajstić information content (AvgIpc) is 2.98. The number of fused-ring (bicyclic) bond motifs is 1. The predicted octanol–water partition coefficient (Wildman–Crippen LogP) is 2.32. The van der Waals surface area contributed by atoms with Gasteiger partial charge in [0.1, 0.15) is 12.4 Å². The zero-order chi connectivity index (χ0) is 13.1. The Labute approximate surface area is 112 Å². The molecule has 0 saturated carbocycles. The fourth-order valence-corrected chi connectivity index (χ4v) is 2.28. The first kappa shape index (κ1) is 11.8. The summed E-state index contributed by atoms with van der Waals surface area (Å²) in [7, 11) is 1.70. The minimum absolute atomic E-state index is 0.639. The van der Waals surface area contributed by atoms with Crippen molar-refractivity contribution in [2.45, 2.75) is 6.54 Å².